The molecule has 26 heavy (non-hydrogen) atoms. The average Bonchev–Trinajstić information content (AvgIpc) is 2.59. The van der Waals surface area contributed by atoms with Crippen LogP contribution in [-0.2, 0) is 4.74 Å². The normalized spacial score (nSPS) is 10.1. The Bertz CT molecular complexity index is 796. The molecule has 0 saturated heterocycles. The summed E-state index contributed by atoms with van der Waals surface area (Å²) in [5.74, 6) is -0.627. The summed E-state index contributed by atoms with van der Waals surface area (Å²) in [5.41, 5.74) is 3.72. The lowest BCUT2D eigenvalue weighted by atomic mass is 10.1. The van der Waals surface area contributed by atoms with Gasteiger partial charge in [-0.15, -0.1) is 0 Å². The molecule has 0 spiro atoms. The maximum atomic E-state index is 12.3. The highest BCUT2D eigenvalue weighted by molar-refractivity contribution is 7.80. The number of nitrogens with one attached hydrogen (secondary N) is 2. The summed E-state index contributed by atoms with van der Waals surface area (Å²) in [6, 6.07) is 12.3. The van der Waals surface area contributed by atoms with Gasteiger partial charge in [0.15, 0.2) is 5.11 Å². The number of anilines is 1. The van der Waals surface area contributed by atoms with Crippen molar-refractivity contribution in [2.45, 2.75) is 27.2 Å². The third-order valence-corrected chi connectivity index (χ3v) is 3.73. The van der Waals surface area contributed by atoms with E-state index in [9.17, 15) is 9.59 Å². The summed E-state index contributed by atoms with van der Waals surface area (Å²) in [7, 11) is 0. The number of hydrogen-bond donors (Lipinski definition) is 2. The first-order valence-electron chi connectivity index (χ1n) is 8.37. The molecule has 0 radical (unpaired) electrons. The largest absolute Gasteiger partial charge is 0.462 e. The standard InChI is InChI=1S/C20H22N2O3S/c1-4-9-25-19(24)15-5-7-17(8-6-15)21-20(26)22-18(23)16-11-13(2)10-14(3)12-16/h5-8,10-12H,4,9H2,1-3H3,(H2,21,22,23,26). The van der Waals surface area contributed by atoms with E-state index in [1.54, 1.807) is 24.3 Å². The Morgan fingerprint density at radius 1 is 1.00 bits per heavy atom. The quantitative estimate of drug-likeness (QED) is 0.615. The van der Waals surface area contributed by atoms with Crippen molar-refractivity contribution >= 4 is 34.9 Å². The molecule has 0 saturated carbocycles. The van der Waals surface area contributed by atoms with Gasteiger partial charge < -0.3 is 10.1 Å². The molecule has 0 fully saturated rings. The number of rotatable bonds is 5. The van der Waals surface area contributed by atoms with Gasteiger partial charge in [-0.3, -0.25) is 10.1 Å². The summed E-state index contributed by atoms with van der Waals surface area (Å²) in [6.45, 7) is 6.21. The summed E-state index contributed by atoms with van der Waals surface area (Å²) < 4.78 is 5.08. The van der Waals surface area contributed by atoms with E-state index in [4.69, 9.17) is 17.0 Å². The number of esters is 1. The van der Waals surface area contributed by atoms with Crippen molar-refractivity contribution in [3.05, 3.63) is 64.7 Å². The van der Waals surface area contributed by atoms with Crippen LogP contribution in [0, 0.1) is 13.8 Å². The lowest BCUT2D eigenvalue weighted by Crippen LogP contribution is -2.34. The molecule has 2 N–H and O–H groups in total. The molecule has 0 aromatic heterocycles. The van der Waals surface area contributed by atoms with E-state index in [1.165, 1.54) is 0 Å². The molecule has 0 unspecified atom stereocenters. The van der Waals surface area contributed by atoms with Crippen molar-refractivity contribution in [3.63, 3.8) is 0 Å². The van der Waals surface area contributed by atoms with Crippen LogP contribution in [0.5, 0.6) is 0 Å². The zero-order valence-corrected chi connectivity index (χ0v) is 15.9. The lowest BCUT2D eigenvalue weighted by molar-refractivity contribution is 0.0505. The van der Waals surface area contributed by atoms with Crippen molar-refractivity contribution in [1.82, 2.24) is 5.32 Å². The predicted molar refractivity (Wildman–Crippen MR) is 107 cm³/mol. The van der Waals surface area contributed by atoms with Crippen molar-refractivity contribution in [2.24, 2.45) is 0 Å². The van der Waals surface area contributed by atoms with E-state index in [0.717, 1.165) is 17.5 Å². The van der Waals surface area contributed by atoms with Crippen molar-refractivity contribution in [1.29, 1.82) is 0 Å². The van der Waals surface area contributed by atoms with E-state index >= 15 is 0 Å². The highest BCUT2D eigenvalue weighted by Gasteiger charge is 2.10. The molecule has 5 nitrogen and oxygen atoms in total. The van der Waals surface area contributed by atoms with Crippen molar-refractivity contribution in [2.75, 3.05) is 11.9 Å². The van der Waals surface area contributed by atoms with Crippen LogP contribution in [0.25, 0.3) is 0 Å². The Labute approximate surface area is 158 Å². The highest BCUT2D eigenvalue weighted by atomic mass is 32.1. The third-order valence-electron chi connectivity index (χ3n) is 3.53. The van der Waals surface area contributed by atoms with E-state index in [2.05, 4.69) is 10.6 Å². The first-order valence-corrected chi connectivity index (χ1v) is 8.77. The molecule has 0 bridgehead atoms. The fourth-order valence-corrected chi connectivity index (χ4v) is 2.62. The van der Waals surface area contributed by atoms with Crippen LogP contribution in [0.15, 0.2) is 42.5 Å². The van der Waals surface area contributed by atoms with Gasteiger partial charge >= 0.3 is 5.97 Å². The monoisotopic (exact) mass is 370 g/mol. The maximum absolute atomic E-state index is 12.3. The molecular formula is C20H22N2O3S. The van der Waals surface area contributed by atoms with Crippen LogP contribution in [-0.4, -0.2) is 23.6 Å². The molecule has 0 aliphatic heterocycles. The van der Waals surface area contributed by atoms with E-state index in [0.29, 0.717) is 23.4 Å². The average molecular weight is 370 g/mol. The number of thiocarbonyl (C=S) groups is 1. The zero-order chi connectivity index (χ0) is 19.1. The van der Waals surface area contributed by atoms with Crippen LogP contribution in [0.1, 0.15) is 45.2 Å². The van der Waals surface area contributed by atoms with Gasteiger partial charge in [0, 0.05) is 11.3 Å². The van der Waals surface area contributed by atoms with Gasteiger partial charge in [0.05, 0.1) is 12.2 Å². The topological polar surface area (TPSA) is 67.4 Å². The number of ether oxygens (including phenoxy) is 1. The fourth-order valence-electron chi connectivity index (χ4n) is 2.41. The smallest absolute Gasteiger partial charge is 0.338 e. The Kier molecular flexibility index (Phi) is 6.86. The summed E-state index contributed by atoms with van der Waals surface area (Å²) in [5, 5.41) is 5.77. The molecule has 1 amide bonds. The molecule has 0 atom stereocenters. The zero-order valence-electron chi connectivity index (χ0n) is 15.1. The number of amides is 1. The number of hydrogen-bond acceptors (Lipinski definition) is 4. The molecule has 0 heterocycles. The summed E-state index contributed by atoms with van der Waals surface area (Å²) >= 11 is 5.18. The van der Waals surface area contributed by atoms with Gasteiger partial charge in [0.2, 0.25) is 0 Å². The highest BCUT2D eigenvalue weighted by Crippen LogP contribution is 2.12. The summed E-state index contributed by atoms with van der Waals surface area (Å²) in [4.78, 5) is 24.1. The van der Waals surface area contributed by atoms with Crippen molar-refractivity contribution < 1.29 is 14.3 Å². The number of aryl methyl sites for hydroxylation is 2. The Morgan fingerprint density at radius 3 is 2.19 bits per heavy atom. The predicted octanol–water partition coefficient (Wildman–Crippen LogP) is 4.00. The molecule has 0 aliphatic rings. The number of carbonyl (C=O) groups excluding carboxylic acids is 2. The van der Waals surface area contributed by atoms with Gasteiger partial charge in [-0.1, -0.05) is 24.1 Å². The number of benzene rings is 2. The SMILES string of the molecule is CCCOC(=O)c1ccc(NC(=S)NC(=O)c2cc(C)cc(C)c2)cc1. The van der Waals surface area contributed by atoms with Gasteiger partial charge in [0.25, 0.3) is 5.91 Å². The fraction of sp³-hybridized carbons (Fsp3) is 0.250. The molecule has 2 aromatic carbocycles. The molecule has 2 aromatic rings. The number of carbonyl (C=O) groups is 2. The minimum Gasteiger partial charge on any atom is -0.462 e. The second-order valence-electron chi connectivity index (χ2n) is 6.00. The minimum atomic E-state index is -0.357. The van der Waals surface area contributed by atoms with Crippen molar-refractivity contribution in [3.8, 4) is 0 Å². The molecule has 136 valence electrons. The third kappa shape index (κ3) is 5.67. The minimum absolute atomic E-state index is 0.190. The first kappa shape index (κ1) is 19.6. The molecule has 6 heteroatoms. The van der Waals surface area contributed by atoms with Gasteiger partial charge in [-0.2, -0.15) is 0 Å². The molecular weight excluding hydrogens is 348 g/mol. The Balaban J connectivity index is 1.95. The van der Waals surface area contributed by atoms with Crippen LogP contribution in [0.4, 0.5) is 5.69 Å². The molecule has 2 rings (SSSR count). The van der Waals surface area contributed by atoms with Crippen LogP contribution in [0.3, 0.4) is 0 Å². The van der Waals surface area contributed by atoms with Crippen LogP contribution in [0.2, 0.25) is 0 Å². The van der Waals surface area contributed by atoms with Gasteiger partial charge in [0.1, 0.15) is 0 Å². The van der Waals surface area contributed by atoms with E-state index in [-0.39, 0.29) is 17.0 Å². The maximum Gasteiger partial charge on any atom is 0.338 e. The van der Waals surface area contributed by atoms with Gasteiger partial charge in [-0.25, -0.2) is 4.79 Å². The van der Waals surface area contributed by atoms with E-state index in [1.807, 2.05) is 39.0 Å². The second kappa shape index (κ2) is 9.10. The van der Waals surface area contributed by atoms with E-state index < -0.39 is 0 Å². The second-order valence-corrected chi connectivity index (χ2v) is 6.41. The first-order chi connectivity index (χ1) is 12.4. The van der Waals surface area contributed by atoms with Crippen LogP contribution < -0.4 is 10.6 Å². The Hall–Kier alpha value is -2.73. The van der Waals surface area contributed by atoms with Gasteiger partial charge in [-0.05, 0) is 68.9 Å². The Morgan fingerprint density at radius 2 is 1.62 bits per heavy atom. The van der Waals surface area contributed by atoms with Crippen LogP contribution >= 0.6 is 12.2 Å². The lowest BCUT2D eigenvalue weighted by Gasteiger charge is -2.11. The summed E-state index contributed by atoms with van der Waals surface area (Å²) in [6.07, 6.45) is 0.778. The molecule has 0 aliphatic carbocycles.